The summed E-state index contributed by atoms with van der Waals surface area (Å²) in [6, 6.07) is 70.4. The quantitative estimate of drug-likeness (QED) is 0.160. The second-order valence-corrected chi connectivity index (χ2v) is 15.1. The summed E-state index contributed by atoms with van der Waals surface area (Å²) < 4.78 is 4.54. The molecular weight excluding hydrogens is 761 g/mol. The highest BCUT2D eigenvalue weighted by molar-refractivity contribution is 6.29. The van der Waals surface area contributed by atoms with Gasteiger partial charge >= 0.3 is 0 Å². The Morgan fingerprint density at radius 1 is 0.258 bits per heavy atom. The summed E-state index contributed by atoms with van der Waals surface area (Å²) in [6.45, 7) is 0. The average molecular weight is 795 g/mol. The summed E-state index contributed by atoms with van der Waals surface area (Å²) in [5.74, 6) is 3.60. The van der Waals surface area contributed by atoms with Gasteiger partial charge in [0.1, 0.15) is 0 Å². The first kappa shape index (κ1) is 35.3. The molecule has 62 heavy (non-hydrogen) atoms. The maximum atomic E-state index is 5.19. The van der Waals surface area contributed by atoms with E-state index in [-0.39, 0.29) is 0 Å². The first-order valence-electron chi connectivity index (χ1n) is 20.6. The molecule has 0 bridgehead atoms. The van der Waals surface area contributed by atoms with Crippen molar-refractivity contribution in [1.29, 1.82) is 0 Å². The van der Waals surface area contributed by atoms with Crippen molar-refractivity contribution in [2.45, 2.75) is 0 Å². The Bertz CT molecular complexity index is 3500. The van der Waals surface area contributed by atoms with Crippen LogP contribution in [-0.4, -0.2) is 39.0 Å². The molecule has 12 rings (SSSR count). The summed E-state index contributed by atoms with van der Waals surface area (Å²) in [5.41, 5.74) is 9.66. The van der Waals surface area contributed by atoms with E-state index in [0.29, 0.717) is 35.1 Å². The predicted molar refractivity (Wildman–Crippen MR) is 249 cm³/mol. The van der Waals surface area contributed by atoms with Gasteiger partial charge in [-0.3, -0.25) is 4.57 Å². The third-order valence-electron chi connectivity index (χ3n) is 11.4. The fraction of sp³-hybridized carbons (Fsp3) is 0. The highest BCUT2D eigenvalue weighted by Crippen LogP contribution is 2.43. The highest BCUT2D eigenvalue weighted by atomic mass is 15.2. The lowest BCUT2D eigenvalue weighted by Crippen LogP contribution is -2.06. The zero-order valence-corrected chi connectivity index (χ0v) is 33.2. The summed E-state index contributed by atoms with van der Waals surface area (Å²) in [7, 11) is 0. The Labute approximate surface area is 356 Å². The largest absolute Gasteiger partial charge is 0.308 e. The molecule has 0 fully saturated rings. The molecule has 4 heterocycles. The van der Waals surface area contributed by atoms with E-state index in [9.17, 15) is 0 Å². The molecule has 0 amide bonds. The third kappa shape index (κ3) is 5.84. The molecular formula is C54H34N8. The van der Waals surface area contributed by atoms with Gasteiger partial charge in [-0.2, -0.15) is 9.97 Å². The fourth-order valence-corrected chi connectivity index (χ4v) is 8.68. The summed E-state index contributed by atoms with van der Waals surface area (Å²) >= 11 is 0. The molecule has 0 atom stereocenters. The first-order valence-corrected chi connectivity index (χ1v) is 20.6. The van der Waals surface area contributed by atoms with E-state index in [2.05, 4.69) is 94.1 Å². The van der Waals surface area contributed by atoms with Crippen LogP contribution in [-0.2, 0) is 0 Å². The van der Waals surface area contributed by atoms with E-state index < -0.39 is 0 Å². The van der Waals surface area contributed by atoms with E-state index in [1.54, 1.807) is 0 Å². The van der Waals surface area contributed by atoms with Gasteiger partial charge in [0.2, 0.25) is 5.95 Å². The van der Waals surface area contributed by atoms with Gasteiger partial charge in [-0.25, -0.2) is 19.9 Å². The molecule has 4 aromatic heterocycles. The van der Waals surface area contributed by atoms with Crippen LogP contribution in [0.3, 0.4) is 0 Å². The van der Waals surface area contributed by atoms with Crippen LogP contribution in [0.5, 0.6) is 0 Å². The molecule has 8 heteroatoms. The zero-order chi connectivity index (χ0) is 41.0. The molecule has 8 aromatic carbocycles. The topological polar surface area (TPSA) is 87.2 Å². The van der Waals surface area contributed by atoms with Crippen LogP contribution in [0.4, 0.5) is 0 Å². The van der Waals surface area contributed by atoms with Gasteiger partial charge in [-0.1, -0.05) is 170 Å². The number of nitrogens with zero attached hydrogens (tertiary/aromatic N) is 8. The highest BCUT2D eigenvalue weighted by Gasteiger charge is 2.24. The Hall–Kier alpha value is -8.62. The van der Waals surface area contributed by atoms with Gasteiger partial charge in [-0.05, 0) is 36.4 Å². The Morgan fingerprint density at radius 2 is 0.613 bits per heavy atom. The third-order valence-corrected chi connectivity index (χ3v) is 11.4. The number of aromatic nitrogens is 8. The van der Waals surface area contributed by atoms with Crippen LogP contribution >= 0.6 is 0 Å². The second-order valence-electron chi connectivity index (χ2n) is 15.1. The number of para-hydroxylation sites is 3. The van der Waals surface area contributed by atoms with Crippen LogP contribution in [0, 0.1) is 0 Å². The minimum Gasteiger partial charge on any atom is -0.308 e. The molecule has 0 radical (unpaired) electrons. The lowest BCUT2D eigenvalue weighted by molar-refractivity contribution is 0.953. The van der Waals surface area contributed by atoms with Gasteiger partial charge in [-0.15, -0.1) is 0 Å². The molecule has 0 N–H and O–H groups in total. The van der Waals surface area contributed by atoms with Crippen molar-refractivity contribution >= 4 is 43.6 Å². The number of fused-ring (bicyclic) bond motifs is 7. The summed E-state index contributed by atoms with van der Waals surface area (Å²) in [4.78, 5) is 30.7. The molecule has 0 aliphatic heterocycles. The minimum absolute atomic E-state index is 0.551. The van der Waals surface area contributed by atoms with Crippen LogP contribution in [0.1, 0.15) is 0 Å². The maximum absolute atomic E-state index is 5.19. The van der Waals surface area contributed by atoms with Crippen molar-refractivity contribution in [3.63, 3.8) is 0 Å². The van der Waals surface area contributed by atoms with Crippen molar-refractivity contribution in [1.82, 2.24) is 39.0 Å². The SMILES string of the molecule is c1ccc(-c2nc(-c3ccccc3)nc(-c3ccccc3-n3c4ccccc4c4c5c6ccccc6n(-c6nc(-c7ccccc7)nc(-c7ccccc7)n6)c5ccc43)n2)cc1. The summed E-state index contributed by atoms with van der Waals surface area (Å²) in [6.07, 6.45) is 0. The fourth-order valence-electron chi connectivity index (χ4n) is 8.68. The molecule has 12 aromatic rings. The van der Waals surface area contributed by atoms with E-state index in [0.717, 1.165) is 77.1 Å². The smallest absolute Gasteiger partial charge is 0.238 e. The Kier molecular flexibility index (Phi) is 8.31. The Morgan fingerprint density at radius 3 is 1.10 bits per heavy atom. The van der Waals surface area contributed by atoms with Crippen LogP contribution in [0.25, 0.3) is 112 Å². The molecule has 0 saturated carbocycles. The van der Waals surface area contributed by atoms with E-state index >= 15 is 0 Å². The minimum atomic E-state index is 0.551. The van der Waals surface area contributed by atoms with E-state index in [1.165, 1.54) is 0 Å². The number of hydrogen-bond donors (Lipinski definition) is 0. The molecule has 0 unspecified atom stereocenters. The monoisotopic (exact) mass is 794 g/mol. The Balaban J connectivity index is 1.12. The van der Waals surface area contributed by atoms with E-state index in [1.807, 2.05) is 121 Å². The van der Waals surface area contributed by atoms with Gasteiger partial charge in [0.25, 0.3) is 0 Å². The molecule has 8 nitrogen and oxygen atoms in total. The molecule has 0 aliphatic carbocycles. The zero-order valence-electron chi connectivity index (χ0n) is 33.2. The number of hydrogen-bond acceptors (Lipinski definition) is 6. The van der Waals surface area contributed by atoms with Crippen molar-refractivity contribution in [2.24, 2.45) is 0 Å². The van der Waals surface area contributed by atoms with Crippen molar-refractivity contribution in [3.05, 3.63) is 206 Å². The van der Waals surface area contributed by atoms with Gasteiger partial charge in [0.05, 0.1) is 27.8 Å². The van der Waals surface area contributed by atoms with Gasteiger partial charge < -0.3 is 4.57 Å². The standard InChI is InChI=1S/C54H34N8/c1-5-19-35(20-6-1)49-55-50(36-21-7-2-8-22-36)58-53(57-49)41-29-15-18-32-44(41)61-42-30-16-13-27-39(42)47-45(61)33-34-46-48(47)40-28-14-17-31-43(40)62(46)54-59-51(37-23-9-3-10-24-37)56-52(60-54)38-25-11-4-12-26-38/h1-34H. The molecule has 0 saturated heterocycles. The van der Waals surface area contributed by atoms with Crippen molar-refractivity contribution in [2.75, 3.05) is 0 Å². The predicted octanol–water partition coefficient (Wildman–Crippen LogP) is 12.6. The molecule has 0 spiro atoms. The van der Waals surface area contributed by atoms with Gasteiger partial charge in [0, 0.05) is 49.4 Å². The first-order chi connectivity index (χ1) is 30.8. The maximum Gasteiger partial charge on any atom is 0.238 e. The molecule has 0 aliphatic rings. The van der Waals surface area contributed by atoms with Crippen LogP contribution in [0.2, 0.25) is 0 Å². The lowest BCUT2D eigenvalue weighted by Gasteiger charge is -2.14. The number of benzene rings is 8. The normalized spacial score (nSPS) is 11.5. The number of rotatable bonds is 7. The summed E-state index contributed by atoms with van der Waals surface area (Å²) in [5, 5.41) is 4.48. The van der Waals surface area contributed by atoms with Gasteiger partial charge in [0.15, 0.2) is 29.1 Å². The van der Waals surface area contributed by atoms with E-state index in [4.69, 9.17) is 29.9 Å². The lowest BCUT2D eigenvalue weighted by atomic mass is 10.1. The second kappa shape index (κ2) is 14.6. The molecule has 290 valence electrons. The van der Waals surface area contributed by atoms with Crippen molar-refractivity contribution in [3.8, 4) is 68.6 Å². The van der Waals surface area contributed by atoms with Crippen molar-refractivity contribution < 1.29 is 0 Å². The average Bonchev–Trinajstić information content (AvgIpc) is 3.88. The van der Waals surface area contributed by atoms with Crippen LogP contribution in [0.15, 0.2) is 206 Å². The van der Waals surface area contributed by atoms with Crippen LogP contribution < -0.4 is 0 Å².